The molecule has 7 nitrogen and oxygen atoms in total. The van der Waals surface area contributed by atoms with Crippen LogP contribution in [-0.4, -0.2) is 54.0 Å². The largest absolute Gasteiger partial charge is 0.367 e. The Morgan fingerprint density at radius 2 is 2.33 bits per heavy atom. The van der Waals surface area contributed by atoms with Crippen LogP contribution in [0, 0.1) is 0 Å². The highest BCUT2D eigenvalue weighted by Gasteiger charge is 2.23. The molecule has 0 radical (unpaired) electrons. The van der Waals surface area contributed by atoms with Crippen LogP contribution in [-0.2, 0) is 14.3 Å². The molecule has 1 fully saturated rings. The second-order valence-corrected chi connectivity index (χ2v) is 4.88. The van der Waals surface area contributed by atoms with Crippen LogP contribution >= 0.6 is 0 Å². The van der Waals surface area contributed by atoms with E-state index in [9.17, 15) is 9.59 Å². The number of carbonyl (C=O) groups is 2. The van der Waals surface area contributed by atoms with Gasteiger partial charge in [-0.25, -0.2) is 4.98 Å². The quantitative estimate of drug-likeness (QED) is 0.795. The van der Waals surface area contributed by atoms with Crippen molar-refractivity contribution in [2.24, 2.45) is 5.73 Å². The van der Waals surface area contributed by atoms with Gasteiger partial charge >= 0.3 is 0 Å². The first-order chi connectivity index (χ1) is 10.2. The number of likely N-dealkylation sites (tertiary alicyclic amines) is 1. The summed E-state index contributed by atoms with van der Waals surface area (Å²) in [5.41, 5.74) is 5.35. The smallest absolute Gasteiger partial charge is 0.251 e. The van der Waals surface area contributed by atoms with Crippen molar-refractivity contribution >= 4 is 17.6 Å². The number of piperidine rings is 1. The molecule has 21 heavy (non-hydrogen) atoms. The Kier molecular flexibility index (Phi) is 5.65. The van der Waals surface area contributed by atoms with Crippen molar-refractivity contribution in [1.29, 1.82) is 0 Å². The van der Waals surface area contributed by atoms with Gasteiger partial charge in [-0.05, 0) is 25.0 Å². The molecule has 1 unspecified atom stereocenters. The third-order valence-corrected chi connectivity index (χ3v) is 3.29. The number of carbonyl (C=O) groups excluding carboxylic acids is 2. The molecule has 0 aliphatic carbocycles. The average Bonchev–Trinajstić information content (AvgIpc) is 2.53. The Morgan fingerprint density at radius 1 is 1.48 bits per heavy atom. The molecule has 2 amide bonds. The molecular formula is C14H20N4O3. The first-order valence-corrected chi connectivity index (χ1v) is 6.99. The summed E-state index contributed by atoms with van der Waals surface area (Å²) < 4.78 is 5.57. The van der Waals surface area contributed by atoms with E-state index in [0.29, 0.717) is 18.9 Å². The molecule has 2 heterocycles. The van der Waals surface area contributed by atoms with Crippen molar-refractivity contribution in [2.75, 3.05) is 31.6 Å². The molecule has 1 aromatic heterocycles. The molecule has 2 rings (SSSR count). The minimum absolute atomic E-state index is 0.00683. The highest BCUT2D eigenvalue weighted by atomic mass is 16.5. The standard InChI is InChI=1S/C14H20N4O3/c15-8-14(20)18-7-3-4-11(9-18)21-10-13(19)17-12-5-1-2-6-16-12/h1-2,5-6,11H,3-4,7-10,15H2,(H,16,17,19). The lowest BCUT2D eigenvalue weighted by Gasteiger charge is -2.32. The van der Waals surface area contributed by atoms with Gasteiger partial charge in [0.1, 0.15) is 12.4 Å². The number of nitrogens with two attached hydrogens (primary N) is 1. The molecule has 1 aromatic rings. The second kappa shape index (κ2) is 7.70. The van der Waals surface area contributed by atoms with E-state index in [2.05, 4.69) is 10.3 Å². The lowest BCUT2D eigenvalue weighted by molar-refractivity contribution is -0.135. The predicted octanol–water partition coefficient (Wildman–Crippen LogP) is -0.0136. The molecule has 0 spiro atoms. The van der Waals surface area contributed by atoms with Gasteiger partial charge in [0.05, 0.1) is 12.6 Å². The third-order valence-electron chi connectivity index (χ3n) is 3.29. The lowest BCUT2D eigenvalue weighted by Crippen LogP contribution is -2.46. The highest BCUT2D eigenvalue weighted by Crippen LogP contribution is 2.13. The van der Waals surface area contributed by atoms with Gasteiger partial charge < -0.3 is 20.7 Å². The van der Waals surface area contributed by atoms with Gasteiger partial charge in [0, 0.05) is 19.3 Å². The maximum Gasteiger partial charge on any atom is 0.251 e. The zero-order chi connectivity index (χ0) is 15.1. The molecule has 1 aliphatic rings. The molecule has 114 valence electrons. The van der Waals surface area contributed by atoms with Gasteiger partial charge in [-0.15, -0.1) is 0 Å². The van der Waals surface area contributed by atoms with E-state index in [4.69, 9.17) is 10.5 Å². The van der Waals surface area contributed by atoms with Crippen LogP contribution in [0.3, 0.4) is 0 Å². The summed E-state index contributed by atoms with van der Waals surface area (Å²) in [6.07, 6.45) is 3.18. The van der Waals surface area contributed by atoms with E-state index in [-0.39, 0.29) is 31.1 Å². The Labute approximate surface area is 123 Å². The first kappa shape index (κ1) is 15.4. The minimum atomic E-state index is -0.254. The Balaban J connectivity index is 1.75. The predicted molar refractivity (Wildman–Crippen MR) is 77.5 cm³/mol. The molecule has 0 aromatic carbocycles. The zero-order valence-electron chi connectivity index (χ0n) is 11.8. The summed E-state index contributed by atoms with van der Waals surface area (Å²) in [6, 6.07) is 5.28. The molecule has 1 saturated heterocycles. The van der Waals surface area contributed by atoms with E-state index in [1.165, 1.54) is 0 Å². The van der Waals surface area contributed by atoms with Gasteiger partial charge in [0.25, 0.3) is 5.91 Å². The second-order valence-electron chi connectivity index (χ2n) is 4.88. The highest BCUT2D eigenvalue weighted by molar-refractivity contribution is 5.90. The number of nitrogens with one attached hydrogen (secondary N) is 1. The summed E-state index contributed by atoms with van der Waals surface area (Å²) in [6.45, 7) is 1.15. The van der Waals surface area contributed by atoms with Crippen LogP contribution in [0.5, 0.6) is 0 Å². The van der Waals surface area contributed by atoms with Crippen LogP contribution in [0.25, 0.3) is 0 Å². The number of nitrogens with zero attached hydrogens (tertiary/aromatic N) is 2. The number of ether oxygens (including phenoxy) is 1. The van der Waals surface area contributed by atoms with Crippen molar-refractivity contribution in [2.45, 2.75) is 18.9 Å². The third kappa shape index (κ3) is 4.80. The molecule has 1 atom stereocenters. The van der Waals surface area contributed by atoms with E-state index < -0.39 is 0 Å². The number of hydrogen-bond acceptors (Lipinski definition) is 5. The normalized spacial score (nSPS) is 18.3. The fourth-order valence-corrected chi connectivity index (χ4v) is 2.24. The fraction of sp³-hybridized carbons (Fsp3) is 0.500. The number of aromatic nitrogens is 1. The Morgan fingerprint density at radius 3 is 3.05 bits per heavy atom. The molecular weight excluding hydrogens is 272 g/mol. The van der Waals surface area contributed by atoms with Gasteiger partial charge in [0.15, 0.2) is 0 Å². The minimum Gasteiger partial charge on any atom is -0.367 e. The molecule has 0 saturated carbocycles. The van der Waals surface area contributed by atoms with Crippen molar-refractivity contribution in [3.63, 3.8) is 0 Å². The number of anilines is 1. The topological polar surface area (TPSA) is 97.5 Å². The van der Waals surface area contributed by atoms with E-state index in [0.717, 1.165) is 12.8 Å². The number of pyridine rings is 1. The van der Waals surface area contributed by atoms with Crippen molar-refractivity contribution in [1.82, 2.24) is 9.88 Å². The number of rotatable bonds is 5. The van der Waals surface area contributed by atoms with Gasteiger partial charge in [0.2, 0.25) is 5.91 Å². The summed E-state index contributed by atoms with van der Waals surface area (Å²) in [4.78, 5) is 29.0. The van der Waals surface area contributed by atoms with Crippen molar-refractivity contribution in [3.05, 3.63) is 24.4 Å². The molecule has 1 aliphatic heterocycles. The maximum absolute atomic E-state index is 11.8. The summed E-state index contributed by atoms with van der Waals surface area (Å²) in [5.74, 6) is 0.159. The van der Waals surface area contributed by atoms with E-state index >= 15 is 0 Å². The number of amides is 2. The van der Waals surface area contributed by atoms with Crippen LogP contribution < -0.4 is 11.1 Å². The lowest BCUT2D eigenvalue weighted by atomic mass is 10.1. The van der Waals surface area contributed by atoms with Crippen LogP contribution in [0.2, 0.25) is 0 Å². The summed E-state index contributed by atoms with van der Waals surface area (Å²) in [5, 5.41) is 2.65. The fourth-order valence-electron chi connectivity index (χ4n) is 2.24. The van der Waals surface area contributed by atoms with E-state index in [1.54, 1.807) is 29.3 Å². The van der Waals surface area contributed by atoms with Crippen LogP contribution in [0.15, 0.2) is 24.4 Å². The first-order valence-electron chi connectivity index (χ1n) is 6.99. The van der Waals surface area contributed by atoms with E-state index in [1.807, 2.05) is 0 Å². The van der Waals surface area contributed by atoms with Crippen molar-refractivity contribution < 1.29 is 14.3 Å². The molecule has 3 N–H and O–H groups in total. The Hall–Kier alpha value is -1.99. The van der Waals surface area contributed by atoms with Crippen LogP contribution in [0.4, 0.5) is 5.82 Å². The van der Waals surface area contributed by atoms with Crippen LogP contribution in [0.1, 0.15) is 12.8 Å². The monoisotopic (exact) mass is 292 g/mol. The average molecular weight is 292 g/mol. The summed E-state index contributed by atoms with van der Waals surface area (Å²) >= 11 is 0. The number of hydrogen-bond donors (Lipinski definition) is 2. The van der Waals surface area contributed by atoms with Gasteiger partial charge in [-0.1, -0.05) is 6.07 Å². The molecule has 0 bridgehead atoms. The van der Waals surface area contributed by atoms with Gasteiger partial charge in [-0.2, -0.15) is 0 Å². The molecule has 7 heteroatoms. The summed E-state index contributed by atoms with van der Waals surface area (Å²) in [7, 11) is 0. The Bertz CT molecular complexity index is 480. The zero-order valence-corrected chi connectivity index (χ0v) is 11.8. The van der Waals surface area contributed by atoms with Gasteiger partial charge in [-0.3, -0.25) is 9.59 Å². The maximum atomic E-state index is 11.8. The van der Waals surface area contributed by atoms with Crippen molar-refractivity contribution in [3.8, 4) is 0 Å². The SMILES string of the molecule is NCC(=O)N1CCCC(OCC(=O)Nc2ccccn2)C1.